The Balaban J connectivity index is 2.94. The van der Waals surface area contributed by atoms with Gasteiger partial charge in [-0.05, 0) is 24.6 Å². The fraction of sp³-hybridized carbons (Fsp3) is 0.308. The van der Waals surface area contributed by atoms with E-state index in [-0.39, 0.29) is 5.91 Å². The van der Waals surface area contributed by atoms with Crippen molar-refractivity contribution in [3.8, 4) is 11.8 Å². The van der Waals surface area contributed by atoms with Crippen LogP contribution in [0.1, 0.15) is 24.5 Å². The van der Waals surface area contributed by atoms with Crippen LogP contribution >= 0.6 is 0 Å². The molecule has 0 atom stereocenters. The molecular weight excluding hydrogens is 200 g/mol. The molecule has 0 fully saturated rings. The predicted octanol–water partition coefficient (Wildman–Crippen LogP) is 1.65. The summed E-state index contributed by atoms with van der Waals surface area (Å²) >= 11 is 0. The number of benzene rings is 1. The molecule has 0 aliphatic heterocycles. The molecule has 16 heavy (non-hydrogen) atoms. The van der Waals surface area contributed by atoms with Crippen LogP contribution in [-0.2, 0) is 4.79 Å². The zero-order valence-corrected chi connectivity index (χ0v) is 9.63. The Bertz CT molecular complexity index is 441. The first kappa shape index (κ1) is 12.3. The molecule has 3 N–H and O–H groups in total. The third kappa shape index (κ3) is 3.41. The molecule has 0 bridgehead atoms. The van der Waals surface area contributed by atoms with Gasteiger partial charge in [-0.3, -0.25) is 4.79 Å². The number of rotatable bonds is 2. The van der Waals surface area contributed by atoms with Crippen LogP contribution in [0.3, 0.4) is 0 Å². The van der Waals surface area contributed by atoms with Gasteiger partial charge in [0.05, 0.1) is 6.54 Å². The number of nitrogens with two attached hydrogens (primary N) is 1. The number of carbonyl (C=O) groups is 1. The minimum absolute atomic E-state index is 0.00651. The summed E-state index contributed by atoms with van der Waals surface area (Å²) in [6.07, 6.45) is 0.470. The monoisotopic (exact) mass is 216 g/mol. The first-order valence-corrected chi connectivity index (χ1v) is 5.26. The van der Waals surface area contributed by atoms with Gasteiger partial charge >= 0.3 is 0 Å². The van der Waals surface area contributed by atoms with Gasteiger partial charge in [-0.15, -0.1) is 0 Å². The van der Waals surface area contributed by atoms with E-state index in [4.69, 9.17) is 5.73 Å². The molecule has 0 spiro atoms. The van der Waals surface area contributed by atoms with E-state index in [0.717, 1.165) is 16.8 Å². The topological polar surface area (TPSA) is 55.1 Å². The van der Waals surface area contributed by atoms with Crippen LogP contribution in [0.15, 0.2) is 18.2 Å². The Labute approximate surface area is 96.0 Å². The van der Waals surface area contributed by atoms with Gasteiger partial charge in [0, 0.05) is 17.7 Å². The Kier molecular flexibility index (Phi) is 4.56. The van der Waals surface area contributed by atoms with Gasteiger partial charge in [0.2, 0.25) is 5.91 Å². The zero-order chi connectivity index (χ0) is 12.0. The molecule has 3 heteroatoms. The van der Waals surface area contributed by atoms with Gasteiger partial charge in [-0.25, -0.2) is 0 Å². The largest absolute Gasteiger partial charge is 0.326 e. The zero-order valence-electron chi connectivity index (χ0n) is 9.63. The molecule has 0 aliphatic carbocycles. The number of anilines is 1. The van der Waals surface area contributed by atoms with Gasteiger partial charge < -0.3 is 11.1 Å². The molecule has 1 rings (SSSR count). The first-order valence-electron chi connectivity index (χ1n) is 5.26. The van der Waals surface area contributed by atoms with E-state index in [1.165, 1.54) is 0 Å². The van der Waals surface area contributed by atoms with Crippen LogP contribution in [-0.4, -0.2) is 12.5 Å². The molecule has 0 aliphatic rings. The minimum atomic E-state index is 0.00651. The predicted molar refractivity (Wildman–Crippen MR) is 66.0 cm³/mol. The van der Waals surface area contributed by atoms with Crippen molar-refractivity contribution in [1.29, 1.82) is 0 Å². The molecule has 0 heterocycles. The van der Waals surface area contributed by atoms with Gasteiger partial charge in [-0.1, -0.05) is 24.8 Å². The highest BCUT2D eigenvalue weighted by Gasteiger charge is 2.02. The van der Waals surface area contributed by atoms with Crippen LogP contribution in [0.4, 0.5) is 5.69 Å². The van der Waals surface area contributed by atoms with Crippen molar-refractivity contribution in [3.05, 3.63) is 29.3 Å². The van der Waals surface area contributed by atoms with Gasteiger partial charge in [0.1, 0.15) is 0 Å². The lowest BCUT2D eigenvalue weighted by molar-refractivity contribution is -0.115. The summed E-state index contributed by atoms with van der Waals surface area (Å²) in [6, 6.07) is 5.72. The average molecular weight is 216 g/mol. The van der Waals surface area contributed by atoms with Crippen molar-refractivity contribution < 1.29 is 4.79 Å². The lowest BCUT2D eigenvalue weighted by Gasteiger charge is -2.07. The molecule has 1 aromatic rings. The van der Waals surface area contributed by atoms with Crippen LogP contribution in [0.25, 0.3) is 0 Å². The number of nitrogens with one attached hydrogen (secondary N) is 1. The van der Waals surface area contributed by atoms with E-state index >= 15 is 0 Å². The van der Waals surface area contributed by atoms with Crippen LogP contribution in [0, 0.1) is 18.8 Å². The third-order valence-electron chi connectivity index (χ3n) is 2.17. The molecule has 1 amide bonds. The maximum atomic E-state index is 11.3. The van der Waals surface area contributed by atoms with Crippen molar-refractivity contribution in [2.45, 2.75) is 20.3 Å². The molecule has 0 aromatic heterocycles. The minimum Gasteiger partial charge on any atom is -0.326 e. The Morgan fingerprint density at radius 3 is 2.88 bits per heavy atom. The second kappa shape index (κ2) is 5.94. The second-order valence-electron chi connectivity index (χ2n) is 3.44. The Morgan fingerprint density at radius 1 is 1.50 bits per heavy atom. The fourth-order valence-electron chi connectivity index (χ4n) is 1.23. The van der Waals surface area contributed by atoms with E-state index in [0.29, 0.717) is 13.0 Å². The number of carbonyl (C=O) groups excluding carboxylic acids is 1. The van der Waals surface area contributed by atoms with Crippen LogP contribution in [0.2, 0.25) is 0 Å². The maximum absolute atomic E-state index is 11.3. The summed E-state index contributed by atoms with van der Waals surface area (Å²) in [5.41, 5.74) is 8.01. The van der Waals surface area contributed by atoms with Gasteiger partial charge in [0.25, 0.3) is 0 Å². The Hall–Kier alpha value is -1.79. The van der Waals surface area contributed by atoms with Crippen LogP contribution < -0.4 is 11.1 Å². The number of hydrogen-bond donors (Lipinski definition) is 2. The highest BCUT2D eigenvalue weighted by Crippen LogP contribution is 2.16. The lowest BCUT2D eigenvalue weighted by Crippen LogP contribution is -2.10. The molecule has 0 unspecified atom stereocenters. The second-order valence-corrected chi connectivity index (χ2v) is 3.44. The quantitative estimate of drug-likeness (QED) is 0.739. The van der Waals surface area contributed by atoms with Crippen molar-refractivity contribution in [1.82, 2.24) is 0 Å². The van der Waals surface area contributed by atoms with Crippen molar-refractivity contribution in [2.24, 2.45) is 5.73 Å². The molecule has 0 saturated carbocycles. The van der Waals surface area contributed by atoms with Crippen molar-refractivity contribution in [2.75, 3.05) is 11.9 Å². The molecule has 84 valence electrons. The smallest absolute Gasteiger partial charge is 0.224 e. The summed E-state index contributed by atoms with van der Waals surface area (Å²) in [4.78, 5) is 11.3. The van der Waals surface area contributed by atoms with Crippen molar-refractivity contribution in [3.63, 3.8) is 0 Å². The van der Waals surface area contributed by atoms with E-state index in [2.05, 4.69) is 17.2 Å². The normalized spacial score (nSPS) is 9.19. The Morgan fingerprint density at radius 2 is 2.25 bits per heavy atom. The van der Waals surface area contributed by atoms with Gasteiger partial charge in [0.15, 0.2) is 0 Å². The highest BCUT2D eigenvalue weighted by molar-refractivity contribution is 5.91. The molecule has 0 radical (unpaired) electrons. The summed E-state index contributed by atoms with van der Waals surface area (Å²) in [5.74, 6) is 5.73. The molecule has 1 aromatic carbocycles. The lowest BCUT2D eigenvalue weighted by atomic mass is 10.1. The summed E-state index contributed by atoms with van der Waals surface area (Å²) in [5, 5.41) is 2.84. The van der Waals surface area contributed by atoms with Crippen LogP contribution in [0.5, 0.6) is 0 Å². The van der Waals surface area contributed by atoms with Gasteiger partial charge in [-0.2, -0.15) is 0 Å². The van der Waals surface area contributed by atoms with E-state index in [1.807, 2.05) is 32.0 Å². The maximum Gasteiger partial charge on any atom is 0.224 e. The van der Waals surface area contributed by atoms with E-state index in [1.54, 1.807) is 0 Å². The van der Waals surface area contributed by atoms with E-state index < -0.39 is 0 Å². The fourth-order valence-corrected chi connectivity index (χ4v) is 1.23. The number of amides is 1. The first-order chi connectivity index (χ1) is 7.67. The summed E-state index contributed by atoms with van der Waals surface area (Å²) in [6.45, 7) is 4.11. The third-order valence-corrected chi connectivity index (χ3v) is 2.17. The van der Waals surface area contributed by atoms with E-state index in [9.17, 15) is 4.79 Å². The molecule has 0 saturated heterocycles. The summed E-state index contributed by atoms with van der Waals surface area (Å²) in [7, 11) is 0. The van der Waals surface area contributed by atoms with Crippen molar-refractivity contribution >= 4 is 11.6 Å². The average Bonchev–Trinajstić information content (AvgIpc) is 2.30. The molecule has 3 nitrogen and oxygen atoms in total. The summed E-state index contributed by atoms with van der Waals surface area (Å²) < 4.78 is 0. The standard InChI is InChI=1S/C13H16N2O/c1-3-13(16)15-12-9-11(5-4-8-14)7-6-10(12)2/h6-7,9H,3,8,14H2,1-2H3,(H,15,16). The highest BCUT2D eigenvalue weighted by atomic mass is 16.1. The number of aryl methyl sites for hydroxylation is 1. The molecular formula is C13H16N2O. The number of hydrogen-bond acceptors (Lipinski definition) is 2. The SMILES string of the molecule is CCC(=O)Nc1cc(C#CCN)ccc1C.